The molecule has 0 saturated carbocycles. The summed E-state index contributed by atoms with van der Waals surface area (Å²) in [6, 6.07) is 5.84. The number of hydrogen-bond acceptors (Lipinski definition) is 4. The topological polar surface area (TPSA) is 59.3 Å². The van der Waals surface area contributed by atoms with E-state index in [1.165, 1.54) is 0 Å². The molecule has 92 valence electrons. The number of fused-ring (bicyclic) bond motifs is 1. The minimum absolute atomic E-state index is 0.0907. The predicted molar refractivity (Wildman–Crippen MR) is 67.5 cm³/mol. The van der Waals surface area contributed by atoms with Crippen LogP contribution >= 0.6 is 0 Å². The van der Waals surface area contributed by atoms with Crippen LogP contribution in [-0.2, 0) is 7.05 Å². The molecule has 0 amide bonds. The van der Waals surface area contributed by atoms with E-state index < -0.39 is 0 Å². The van der Waals surface area contributed by atoms with Crippen LogP contribution in [-0.4, -0.2) is 34.4 Å². The fourth-order valence-electron chi connectivity index (χ4n) is 1.76. The van der Waals surface area contributed by atoms with Crippen LogP contribution in [0.25, 0.3) is 11.0 Å². The molecule has 5 nitrogen and oxygen atoms in total. The zero-order valence-corrected chi connectivity index (χ0v) is 10.1. The van der Waals surface area contributed by atoms with Gasteiger partial charge < -0.3 is 19.7 Å². The van der Waals surface area contributed by atoms with E-state index in [2.05, 4.69) is 10.3 Å². The number of benzene rings is 1. The van der Waals surface area contributed by atoms with Gasteiger partial charge in [0.25, 0.3) is 0 Å². The molecule has 0 aliphatic heterocycles. The molecule has 0 aliphatic rings. The molecule has 0 spiro atoms. The number of imidazole rings is 1. The third-order valence-corrected chi connectivity index (χ3v) is 2.56. The normalized spacial score (nSPS) is 10.8. The van der Waals surface area contributed by atoms with Gasteiger partial charge in [0.05, 0.1) is 24.2 Å². The van der Waals surface area contributed by atoms with Crippen molar-refractivity contribution in [2.24, 2.45) is 7.05 Å². The first-order chi connectivity index (χ1) is 8.26. The summed E-state index contributed by atoms with van der Waals surface area (Å²) in [6.45, 7) is 3.19. The summed E-state index contributed by atoms with van der Waals surface area (Å²) in [5, 5.41) is 11.9. The third-order valence-electron chi connectivity index (χ3n) is 2.56. The lowest BCUT2D eigenvalue weighted by molar-refractivity contribution is 0.310. The Kier molecular flexibility index (Phi) is 3.49. The minimum Gasteiger partial charge on any atom is -0.494 e. The molecule has 0 bridgehead atoms. The lowest BCUT2D eigenvalue weighted by atomic mass is 10.3. The molecule has 0 unspecified atom stereocenters. The van der Waals surface area contributed by atoms with Crippen molar-refractivity contribution in [1.29, 1.82) is 0 Å². The van der Waals surface area contributed by atoms with Crippen LogP contribution < -0.4 is 10.1 Å². The highest BCUT2D eigenvalue weighted by Gasteiger charge is 2.07. The van der Waals surface area contributed by atoms with Gasteiger partial charge in [0.1, 0.15) is 5.75 Å². The van der Waals surface area contributed by atoms with Gasteiger partial charge in [-0.1, -0.05) is 0 Å². The summed E-state index contributed by atoms with van der Waals surface area (Å²) >= 11 is 0. The van der Waals surface area contributed by atoms with E-state index in [1.54, 1.807) is 0 Å². The van der Waals surface area contributed by atoms with Gasteiger partial charge in [0.2, 0.25) is 5.95 Å². The second kappa shape index (κ2) is 5.05. The van der Waals surface area contributed by atoms with Gasteiger partial charge in [-0.2, -0.15) is 0 Å². The van der Waals surface area contributed by atoms with Gasteiger partial charge >= 0.3 is 0 Å². The highest BCUT2D eigenvalue weighted by Crippen LogP contribution is 2.22. The van der Waals surface area contributed by atoms with Gasteiger partial charge in [-0.25, -0.2) is 4.98 Å². The zero-order chi connectivity index (χ0) is 12.3. The second-order valence-electron chi connectivity index (χ2n) is 3.73. The van der Waals surface area contributed by atoms with Crippen LogP contribution in [0.4, 0.5) is 5.95 Å². The summed E-state index contributed by atoms with van der Waals surface area (Å²) in [5.41, 5.74) is 1.92. The van der Waals surface area contributed by atoms with Crippen LogP contribution in [0.5, 0.6) is 5.75 Å². The lowest BCUT2D eigenvalue weighted by Crippen LogP contribution is -2.09. The Labute approximate surface area is 100 Å². The van der Waals surface area contributed by atoms with Crippen molar-refractivity contribution in [3.63, 3.8) is 0 Å². The fourth-order valence-corrected chi connectivity index (χ4v) is 1.76. The standard InChI is InChI=1S/C12H17N3O2/c1-3-17-9-4-5-11-10(8-9)14-12(15(11)2)13-6-7-16/h4-5,8,16H,3,6-7H2,1-2H3,(H,13,14). The SMILES string of the molecule is CCOc1ccc2c(c1)nc(NCCO)n2C. The van der Waals surface area contributed by atoms with Crippen LogP contribution in [0.3, 0.4) is 0 Å². The Morgan fingerprint density at radius 2 is 2.29 bits per heavy atom. The van der Waals surface area contributed by atoms with Crippen LogP contribution in [0, 0.1) is 0 Å². The maximum absolute atomic E-state index is 8.79. The first-order valence-corrected chi connectivity index (χ1v) is 5.70. The summed E-state index contributed by atoms with van der Waals surface area (Å²) in [7, 11) is 1.94. The summed E-state index contributed by atoms with van der Waals surface area (Å²) in [6.07, 6.45) is 0. The molecule has 17 heavy (non-hydrogen) atoms. The van der Waals surface area contributed by atoms with Gasteiger partial charge in [-0.3, -0.25) is 0 Å². The molecule has 1 aromatic carbocycles. The van der Waals surface area contributed by atoms with Crippen molar-refractivity contribution >= 4 is 17.0 Å². The zero-order valence-electron chi connectivity index (χ0n) is 10.1. The molecular weight excluding hydrogens is 218 g/mol. The Morgan fingerprint density at radius 1 is 1.47 bits per heavy atom. The van der Waals surface area contributed by atoms with E-state index >= 15 is 0 Å². The number of ether oxygens (including phenoxy) is 1. The number of anilines is 1. The van der Waals surface area contributed by atoms with Crippen molar-refractivity contribution in [2.75, 3.05) is 25.1 Å². The minimum atomic E-state index is 0.0907. The van der Waals surface area contributed by atoms with Gasteiger partial charge in [-0.05, 0) is 19.1 Å². The quantitative estimate of drug-likeness (QED) is 0.822. The molecule has 2 rings (SSSR count). The number of aromatic nitrogens is 2. The summed E-state index contributed by atoms with van der Waals surface area (Å²) in [5.74, 6) is 1.58. The van der Waals surface area contributed by atoms with E-state index in [0.717, 1.165) is 22.7 Å². The van der Waals surface area contributed by atoms with Gasteiger partial charge in [-0.15, -0.1) is 0 Å². The largest absolute Gasteiger partial charge is 0.494 e. The summed E-state index contributed by atoms with van der Waals surface area (Å²) in [4.78, 5) is 4.45. The predicted octanol–water partition coefficient (Wildman–Crippen LogP) is 1.38. The molecule has 0 aliphatic carbocycles. The van der Waals surface area contributed by atoms with Gasteiger partial charge in [0.15, 0.2) is 0 Å². The number of nitrogens with one attached hydrogen (secondary N) is 1. The second-order valence-corrected chi connectivity index (χ2v) is 3.73. The van der Waals surface area contributed by atoms with Crippen LogP contribution in [0.2, 0.25) is 0 Å². The van der Waals surface area contributed by atoms with Crippen LogP contribution in [0.15, 0.2) is 18.2 Å². The van der Waals surface area contributed by atoms with Gasteiger partial charge in [0, 0.05) is 19.7 Å². The molecule has 1 heterocycles. The van der Waals surface area contributed by atoms with Crippen molar-refractivity contribution in [1.82, 2.24) is 9.55 Å². The van der Waals surface area contributed by atoms with Crippen molar-refractivity contribution in [3.8, 4) is 5.75 Å². The number of hydrogen-bond donors (Lipinski definition) is 2. The average molecular weight is 235 g/mol. The van der Waals surface area contributed by atoms with E-state index in [-0.39, 0.29) is 6.61 Å². The molecule has 0 atom stereocenters. The highest BCUT2D eigenvalue weighted by molar-refractivity contribution is 5.80. The molecule has 0 radical (unpaired) electrons. The number of aryl methyl sites for hydroxylation is 1. The number of nitrogens with zero attached hydrogens (tertiary/aromatic N) is 2. The molecular formula is C12H17N3O2. The van der Waals surface area contributed by atoms with Crippen LogP contribution in [0.1, 0.15) is 6.92 Å². The fraction of sp³-hybridized carbons (Fsp3) is 0.417. The van der Waals surface area contributed by atoms with Crippen molar-refractivity contribution < 1.29 is 9.84 Å². The molecule has 5 heteroatoms. The number of rotatable bonds is 5. The molecule has 2 aromatic rings. The van der Waals surface area contributed by atoms with E-state index in [1.807, 2.05) is 36.7 Å². The lowest BCUT2D eigenvalue weighted by Gasteiger charge is -2.04. The Morgan fingerprint density at radius 3 is 3.00 bits per heavy atom. The van der Waals surface area contributed by atoms with E-state index in [0.29, 0.717) is 13.2 Å². The van der Waals surface area contributed by atoms with E-state index in [4.69, 9.17) is 9.84 Å². The number of aliphatic hydroxyl groups excluding tert-OH is 1. The first-order valence-electron chi connectivity index (χ1n) is 5.70. The molecule has 0 saturated heterocycles. The maximum atomic E-state index is 8.79. The average Bonchev–Trinajstić information content (AvgIpc) is 2.64. The van der Waals surface area contributed by atoms with Crippen molar-refractivity contribution in [3.05, 3.63) is 18.2 Å². The summed E-state index contributed by atoms with van der Waals surface area (Å²) < 4.78 is 7.39. The van der Waals surface area contributed by atoms with Crippen molar-refractivity contribution in [2.45, 2.75) is 6.92 Å². The maximum Gasteiger partial charge on any atom is 0.203 e. The Hall–Kier alpha value is -1.75. The molecule has 0 fully saturated rings. The van der Waals surface area contributed by atoms with E-state index in [9.17, 15) is 0 Å². The Balaban J connectivity index is 2.35. The highest BCUT2D eigenvalue weighted by atomic mass is 16.5. The smallest absolute Gasteiger partial charge is 0.203 e. The third kappa shape index (κ3) is 2.34. The molecule has 1 aromatic heterocycles. The first kappa shape index (κ1) is 11.7. The molecule has 2 N–H and O–H groups in total. The number of aliphatic hydroxyl groups is 1. The monoisotopic (exact) mass is 235 g/mol. The Bertz CT molecular complexity index is 508.